The van der Waals surface area contributed by atoms with Crippen LogP contribution in [0.4, 0.5) is 0 Å². The summed E-state index contributed by atoms with van der Waals surface area (Å²) in [4.78, 5) is 40.1. The van der Waals surface area contributed by atoms with Gasteiger partial charge in [0.25, 0.3) is 5.91 Å². The van der Waals surface area contributed by atoms with E-state index in [1.54, 1.807) is 12.1 Å². The van der Waals surface area contributed by atoms with Crippen LogP contribution in [0.5, 0.6) is 0 Å². The fraction of sp³-hybridized carbons (Fsp3) is 0.333. The Morgan fingerprint density at radius 2 is 2.16 bits per heavy atom. The first-order valence-corrected chi connectivity index (χ1v) is 5.89. The second-order valence-corrected chi connectivity index (χ2v) is 4.49. The Balaban J connectivity index is 1.94. The van der Waals surface area contributed by atoms with Crippen LogP contribution in [0, 0.1) is 0 Å². The van der Waals surface area contributed by atoms with Gasteiger partial charge in [0.05, 0.1) is 0 Å². The molecule has 7 heteroatoms. The Bertz CT molecular complexity index is 586. The predicted octanol–water partition coefficient (Wildman–Crippen LogP) is -0.667. The lowest BCUT2D eigenvalue weighted by Gasteiger charge is -2.31. The van der Waals surface area contributed by atoms with Gasteiger partial charge in [-0.05, 0) is 12.5 Å². The number of aromatic nitrogens is 1. The lowest BCUT2D eigenvalue weighted by molar-refractivity contribution is -0.139. The van der Waals surface area contributed by atoms with E-state index in [-0.39, 0.29) is 24.4 Å². The number of aliphatic hydroxyl groups is 1. The summed E-state index contributed by atoms with van der Waals surface area (Å²) in [6.45, 7) is 0. The maximum absolute atomic E-state index is 12.2. The monoisotopic (exact) mass is 261 g/mol. The Morgan fingerprint density at radius 3 is 2.84 bits per heavy atom. The maximum Gasteiger partial charge on any atom is 0.275 e. The first-order valence-electron chi connectivity index (χ1n) is 5.89. The molecule has 3 heterocycles. The zero-order chi connectivity index (χ0) is 13.6. The molecule has 98 valence electrons. The zero-order valence-corrected chi connectivity index (χ0v) is 9.87. The van der Waals surface area contributed by atoms with E-state index >= 15 is 0 Å². The van der Waals surface area contributed by atoms with Crippen molar-refractivity contribution in [2.45, 2.75) is 25.1 Å². The van der Waals surface area contributed by atoms with Gasteiger partial charge in [-0.25, -0.2) is 0 Å². The number of nitrogens with one attached hydrogen (secondary N) is 1. The fourth-order valence-corrected chi connectivity index (χ4v) is 2.45. The Kier molecular flexibility index (Phi) is 2.56. The Labute approximate surface area is 108 Å². The Hall–Kier alpha value is -2.28. The van der Waals surface area contributed by atoms with Crippen LogP contribution in [0.2, 0.25) is 0 Å². The number of pyridine rings is 1. The highest BCUT2D eigenvalue weighted by Gasteiger charge is 2.44. The van der Waals surface area contributed by atoms with Crippen LogP contribution >= 0.6 is 0 Å². The number of piperidine rings is 1. The minimum Gasteiger partial charge on any atom is -0.369 e. The molecule has 1 fully saturated rings. The van der Waals surface area contributed by atoms with E-state index in [4.69, 9.17) is 0 Å². The number of nitrogens with zero attached hydrogens (tertiary/aromatic N) is 2. The number of hydrogen-bond acceptors (Lipinski definition) is 5. The van der Waals surface area contributed by atoms with Crippen molar-refractivity contribution in [3.8, 4) is 0 Å². The molecule has 7 nitrogen and oxygen atoms in total. The number of hydrogen-bond donors (Lipinski definition) is 2. The van der Waals surface area contributed by atoms with Gasteiger partial charge in [0.1, 0.15) is 11.7 Å². The molecule has 0 aliphatic carbocycles. The summed E-state index contributed by atoms with van der Waals surface area (Å²) in [6, 6.07) is 2.37. The van der Waals surface area contributed by atoms with Crippen molar-refractivity contribution < 1.29 is 19.5 Å². The number of amides is 3. The Morgan fingerprint density at radius 1 is 1.37 bits per heavy atom. The van der Waals surface area contributed by atoms with E-state index in [0.717, 1.165) is 4.90 Å². The van der Waals surface area contributed by atoms with E-state index in [2.05, 4.69) is 10.3 Å². The van der Waals surface area contributed by atoms with Crippen molar-refractivity contribution in [3.63, 3.8) is 0 Å². The van der Waals surface area contributed by atoms with Gasteiger partial charge in [-0.15, -0.1) is 0 Å². The summed E-state index contributed by atoms with van der Waals surface area (Å²) in [5.41, 5.74) is 0.539. The van der Waals surface area contributed by atoms with Crippen LogP contribution in [0.3, 0.4) is 0 Å². The largest absolute Gasteiger partial charge is 0.369 e. The van der Waals surface area contributed by atoms with Gasteiger partial charge in [0.2, 0.25) is 11.8 Å². The molecule has 0 bridgehead atoms. The van der Waals surface area contributed by atoms with E-state index in [9.17, 15) is 19.5 Å². The molecule has 2 N–H and O–H groups in total. The van der Waals surface area contributed by atoms with E-state index in [0.29, 0.717) is 5.56 Å². The molecule has 1 aromatic rings. The standard InChI is InChI=1S/C12H11N3O4/c16-8-4-3-7(10(17)14-8)15-11(18)6-2-1-5-13-9(6)12(15)19/h1-2,5,7,11,18H,3-4H2,(H,14,16,17). The van der Waals surface area contributed by atoms with Crippen LogP contribution in [-0.2, 0) is 9.59 Å². The molecule has 3 amide bonds. The van der Waals surface area contributed by atoms with Gasteiger partial charge >= 0.3 is 0 Å². The van der Waals surface area contributed by atoms with Crippen molar-refractivity contribution in [1.82, 2.24) is 15.2 Å². The molecular weight excluding hydrogens is 250 g/mol. The highest BCUT2D eigenvalue weighted by molar-refractivity contribution is 6.04. The van der Waals surface area contributed by atoms with Crippen molar-refractivity contribution in [1.29, 1.82) is 0 Å². The molecule has 1 saturated heterocycles. The van der Waals surface area contributed by atoms with Gasteiger partial charge < -0.3 is 5.11 Å². The smallest absolute Gasteiger partial charge is 0.275 e. The van der Waals surface area contributed by atoms with Crippen molar-refractivity contribution in [3.05, 3.63) is 29.6 Å². The third-order valence-corrected chi connectivity index (χ3v) is 3.36. The quantitative estimate of drug-likeness (QED) is 0.653. The SMILES string of the molecule is O=C1CCC(N2C(=O)c3ncccc3C2O)C(=O)N1. The van der Waals surface area contributed by atoms with Gasteiger partial charge in [0.15, 0.2) is 6.23 Å². The van der Waals surface area contributed by atoms with Gasteiger partial charge in [-0.3, -0.25) is 29.6 Å². The van der Waals surface area contributed by atoms with Crippen molar-refractivity contribution in [2.24, 2.45) is 0 Å². The number of aliphatic hydroxyl groups excluding tert-OH is 1. The predicted molar refractivity (Wildman–Crippen MR) is 61.5 cm³/mol. The molecule has 0 spiro atoms. The summed E-state index contributed by atoms with van der Waals surface area (Å²) >= 11 is 0. The van der Waals surface area contributed by atoms with E-state index in [1.165, 1.54) is 6.20 Å². The average Bonchev–Trinajstić information content (AvgIpc) is 2.64. The van der Waals surface area contributed by atoms with Gasteiger partial charge in [0, 0.05) is 18.2 Å². The summed E-state index contributed by atoms with van der Waals surface area (Å²) < 4.78 is 0. The lowest BCUT2D eigenvalue weighted by Crippen LogP contribution is -2.53. The molecule has 2 atom stereocenters. The minimum absolute atomic E-state index is 0.149. The van der Waals surface area contributed by atoms with Crippen LogP contribution in [-0.4, -0.2) is 38.8 Å². The van der Waals surface area contributed by atoms with Crippen molar-refractivity contribution in [2.75, 3.05) is 0 Å². The molecule has 2 aliphatic rings. The first kappa shape index (κ1) is 11.8. The third kappa shape index (κ3) is 1.70. The second kappa shape index (κ2) is 4.13. The summed E-state index contributed by atoms with van der Waals surface area (Å²) in [6.07, 6.45) is 0.621. The molecule has 0 aromatic carbocycles. The van der Waals surface area contributed by atoms with E-state index in [1.807, 2.05) is 0 Å². The third-order valence-electron chi connectivity index (χ3n) is 3.36. The maximum atomic E-state index is 12.2. The van der Waals surface area contributed by atoms with Gasteiger partial charge in [-0.2, -0.15) is 0 Å². The number of fused-ring (bicyclic) bond motifs is 1. The number of carbonyl (C=O) groups excluding carboxylic acids is 3. The topological polar surface area (TPSA) is 99.6 Å². The molecule has 0 saturated carbocycles. The fourth-order valence-electron chi connectivity index (χ4n) is 2.45. The van der Waals surface area contributed by atoms with Crippen LogP contribution in [0.25, 0.3) is 0 Å². The molecule has 2 aliphatic heterocycles. The van der Waals surface area contributed by atoms with Crippen LogP contribution < -0.4 is 5.32 Å². The second-order valence-electron chi connectivity index (χ2n) is 4.49. The molecule has 19 heavy (non-hydrogen) atoms. The number of rotatable bonds is 1. The lowest BCUT2D eigenvalue weighted by atomic mass is 10.0. The molecule has 2 unspecified atom stereocenters. The molecule has 1 aromatic heterocycles. The summed E-state index contributed by atoms with van der Waals surface area (Å²) in [5, 5.41) is 12.3. The summed E-state index contributed by atoms with van der Waals surface area (Å²) in [7, 11) is 0. The molecule has 3 rings (SSSR count). The van der Waals surface area contributed by atoms with E-state index < -0.39 is 24.1 Å². The molecule has 0 radical (unpaired) electrons. The zero-order valence-electron chi connectivity index (χ0n) is 9.87. The van der Waals surface area contributed by atoms with Crippen LogP contribution in [0.15, 0.2) is 18.3 Å². The molecular formula is C12H11N3O4. The summed E-state index contributed by atoms with van der Waals surface area (Å²) in [5.74, 6) is -1.41. The first-order chi connectivity index (χ1) is 9.09. The normalized spacial score (nSPS) is 26.4. The van der Waals surface area contributed by atoms with Crippen LogP contribution in [0.1, 0.15) is 35.1 Å². The van der Waals surface area contributed by atoms with Crippen molar-refractivity contribution >= 4 is 17.7 Å². The number of imide groups is 1. The highest BCUT2D eigenvalue weighted by atomic mass is 16.3. The minimum atomic E-state index is -1.19. The number of carbonyl (C=O) groups is 3. The average molecular weight is 261 g/mol. The highest BCUT2D eigenvalue weighted by Crippen LogP contribution is 2.33. The van der Waals surface area contributed by atoms with Gasteiger partial charge in [-0.1, -0.05) is 6.07 Å².